The SMILES string of the molecule is CCc1nc2cccc3c2n1-c1c(cccc1-c1ccc(-c2ccc4ccccc4c2)cc1)O3. The first kappa shape index (κ1) is 19.1. The van der Waals surface area contributed by atoms with Gasteiger partial charge in [0.05, 0.1) is 11.2 Å². The summed E-state index contributed by atoms with van der Waals surface area (Å²) in [4.78, 5) is 4.90. The number of hydrogen-bond acceptors (Lipinski definition) is 2. The van der Waals surface area contributed by atoms with Crippen LogP contribution in [0.2, 0.25) is 0 Å². The number of para-hydroxylation sites is 2. The van der Waals surface area contributed by atoms with Crippen molar-refractivity contribution in [2.45, 2.75) is 13.3 Å². The van der Waals surface area contributed by atoms with E-state index < -0.39 is 0 Å². The van der Waals surface area contributed by atoms with Crippen LogP contribution in [0.5, 0.6) is 11.5 Å². The highest BCUT2D eigenvalue weighted by Gasteiger charge is 2.26. The topological polar surface area (TPSA) is 27.1 Å². The minimum Gasteiger partial charge on any atom is -0.453 e. The Morgan fingerprint density at radius 3 is 2.26 bits per heavy atom. The van der Waals surface area contributed by atoms with Gasteiger partial charge in [-0.25, -0.2) is 4.98 Å². The van der Waals surface area contributed by atoms with Crippen LogP contribution >= 0.6 is 0 Å². The summed E-state index contributed by atoms with van der Waals surface area (Å²) in [5.41, 5.74) is 7.83. The molecule has 2 heterocycles. The fourth-order valence-corrected chi connectivity index (χ4v) is 5.10. The number of hydrogen-bond donors (Lipinski definition) is 0. The van der Waals surface area contributed by atoms with Crippen molar-refractivity contribution >= 4 is 21.8 Å². The number of nitrogens with zero attached hydrogens (tertiary/aromatic N) is 2. The number of fused-ring (bicyclic) bond motifs is 3. The predicted octanol–water partition coefficient (Wildman–Crippen LogP) is 8.18. The highest BCUT2D eigenvalue weighted by molar-refractivity contribution is 5.91. The molecule has 7 rings (SSSR count). The molecule has 0 unspecified atom stereocenters. The molecule has 0 atom stereocenters. The van der Waals surface area contributed by atoms with E-state index in [1.54, 1.807) is 0 Å². The molecule has 1 aromatic heterocycles. The van der Waals surface area contributed by atoms with Gasteiger partial charge in [-0.15, -0.1) is 0 Å². The third-order valence-electron chi connectivity index (χ3n) is 6.75. The van der Waals surface area contributed by atoms with E-state index in [1.807, 2.05) is 18.2 Å². The molecule has 0 saturated carbocycles. The maximum absolute atomic E-state index is 6.34. The Morgan fingerprint density at radius 1 is 0.676 bits per heavy atom. The largest absolute Gasteiger partial charge is 0.453 e. The van der Waals surface area contributed by atoms with Gasteiger partial charge >= 0.3 is 0 Å². The Kier molecular flexibility index (Phi) is 4.12. The molecule has 0 amide bonds. The van der Waals surface area contributed by atoms with Crippen molar-refractivity contribution in [1.29, 1.82) is 0 Å². The molecule has 0 radical (unpaired) electrons. The molecule has 3 heteroatoms. The Balaban J connectivity index is 1.37. The predicted molar refractivity (Wildman–Crippen MR) is 139 cm³/mol. The summed E-state index contributed by atoms with van der Waals surface area (Å²) in [5.74, 6) is 2.78. The normalized spacial score (nSPS) is 12.0. The summed E-state index contributed by atoms with van der Waals surface area (Å²) < 4.78 is 8.63. The summed E-state index contributed by atoms with van der Waals surface area (Å²) in [5, 5.41) is 2.52. The molecule has 1 aliphatic heterocycles. The first-order valence-corrected chi connectivity index (χ1v) is 11.7. The number of imidazole rings is 1. The van der Waals surface area contributed by atoms with E-state index >= 15 is 0 Å². The summed E-state index contributed by atoms with van der Waals surface area (Å²) in [6, 6.07) is 36.3. The van der Waals surface area contributed by atoms with Gasteiger partial charge in [0.2, 0.25) is 0 Å². The summed E-state index contributed by atoms with van der Waals surface area (Å²) in [6.45, 7) is 2.15. The Bertz CT molecular complexity index is 1710. The number of benzene rings is 5. The van der Waals surface area contributed by atoms with Crippen LogP contribution in [-0.2, 0) is 6.42 Å². The third kappa shape index (κ3) is 2.80. The van der Waals surface area contributed by atoms with Gasteiger partial charge in [0.15, 0.2) is 11.5 Å². The minimum absolute atomic E-state index is 0.850. The van der Waals surface area contributed by atoms with E-state index in [0.717, 1.165) is 51.6 Å². The van der Waals surface area contributed by atoms with E-state index in [-0.39, 0.29) is 0 Å². The lowest BCUT2D eigenvalue weighted by molar-refractivity contribution is 0.474. The van der Waals surface area contributed by atoms with E-state index in [4.69, 9.17) is 9.72 Å². The molecule has 6 aromatic rings. The highest BCUT2D eigenvalue weighted by Crippen LogP contribution is 2.45. The van der Waals surface area contributed by atoms with E-state index in [1.165, 1.54) is 21.9 Å². The molecule has 0 spiro atoms. The lowest BCUT2D eigenvalue weighted by Gasteiger charge is -2.23. The maximum Gasteiger partial charge on any atom is 0.153 e. The summed E-state index contributed by atoms with van der Waals surface area (Å²) >= 11 is 0. The van der Waals surface area contributed by atoms with Gasteiger partial charge in [0.25, 0.3) is 0 Å². The fraction of sp³-hybridized carbons (Fsp3) is 0.0645. The number of aromatic nitrogens is 2. The number of aryl methyl sites for hydroxylation is 1. The zero-order chi connectivity index (χ0) is 22.6. The van der Waals surface area contributed by atoms with Gasteiger partial charge in [0.1, 0.15) is 11.3 Å². The highest BCUT2D eigenvalue weighted by atomic mass is 16.5. The lowest BCUT2D eigenvalue weighted by atomic mass is 9.97. The first-order chi connectivity index (χ1) is 16.8. The average molecular weight is 439 g/mol. The second-order valence-corrected chi connectivity index (χ2v) is 8.73. The van der Waals surface area contributed by atoms with Crippen LogP contribution in [-0.4, -0.2) is 9.55 Å². The molecule has 0 N–H and O–H groups in total. The zero-order valence-electron chi connectivity index (χ0n) is 18.8. The molecule has 0 bridgehead atoms. The van der Waals surface area contributed by atoms with Crippen LogP contribution in [0.15, 0.2) is 103 Å². The summed E-state index contributed by atoms with van der Waals surface area (Å²) in [7, 11) is 0. The van der Waals surface area contributed by atoms with Crippen molar-refractivity contribution in [2.24, 2.45) is 0 Å². The van der Waals surface area contributed by atoms with Crippen LogP contribution in [0.1, 0.15) is 12.7 Å². The Hall–Kier alpha value is -4.37. The van der Waals surface area contributed by atoms with E-state index in [9.17, 15) is 0 Å². The van der Waals surface area contributed by atoms with Crippen molar-refractivity contribution < 1.29 is 4.74 Å². The van der Waals surface area contributed by atoms with Crippen molar-refractivity contribution in [2.75, 3.05) is 0 Å². The molecule has 0 saturated heterocycles. The van der Waals surface area contributed by atoms with Gasteiger partial charge in [-0.2, -0.15) is 0 Å². The summed E-state index contributed by atoms with van der Waals surface area (Å²) in [6.07, 6.45) is 0.850. The van der Waals surface area contributed by atoms with Gasteiger partial charge in [-0.1, -0.05) is 85.8 Å². The molecular weight excluding hydrogens is 416 g/mol. The van der Waals surface area contributed by atoms with Crippen LogP contribution in [0.25, 0.3) is 49.7 Å². The molecular formula is C31H22N2O. The smallest absolute Gasteiger partial charge is 0.153 e. The van der Waals surface area contributed by atoms with Gasteiger partial charge < -0.3 is 4.74 Å². The van der Waals surface area contributed by atoms with Gasteiger partial charge in [-0.3, -0.25) is 4.57 Å². The Morgan fingerprint density at radius 2 is 1.41 bits per heavy atom. The molecule has 0 fully saturated rings. The van der Waals surface area contributed by atoms with Crippen LogP contribution < -0.4 is 4.74 Å². The van der Waals surface area contributed by atoms with Crippen LogP contribution in [0, 0.1) is 0 Å². The van der Waals surface area contributed by atoms with Crippen LogP contribution in [0.3, 0.4) is 0 Å². The second-order valence-electron chi connectivity index (χ2n) is 8.73. The van der Waals surface area contributed by atoms with Crippen molar-refractivity contribution in [3.05, 3.63) is 109 Å². The second kappa shape index (κ2) is 7.32. The third-order valence-corrected chi connectivity index (χ3v) is 6.75. The number of rotatable bonds is 3. The van der Waals surface area contributed by atoms with Crippen molar-refractivity contribution in [3.8, 4) is 39.4 Å². The monoisotopic (exact) mass is 438 g/mol. The first-order valence-electron chi connectivity index (χ1n) is 11.7. The van der Waals surface area contributed by atoms with Gasteiger partial charge in [0, 0.05) is 12.0 Å². The average Bonchev–Trinajstić information content (AvgIpc) is 3.28. The van der Waals surface area contributed by atoms with Crippen molar-refractivity contribution in [1.82, 2.24) is 9.55 Å². The molecule has 34 heavy (non-hydrogen) atoms. The maximum atomic E-state index is 6.34. The van der Waals surface area contributed by atoms with Crippen molar-refractivity contribution in [3.63, 3.8) is 0 Å². The number of ether oxygens (including phenoxy) is 1. The van der Waals surface area contributed by atoms with Crippen LogP contribution in [0.4, 0.5) is 0 Å². The van der Waals surface area contributed by atoms with E-state index in [0.29, 0.717) is 0 Å². The van der Waals surface area contributed by atoms with E-state index in [2.05, 4.69) is 96.4 Å². The molecule has 0 aliphatic carbocycles. The minimum atomic E-state index is 0.850. The zero-order valence-corrected chi connectivity index (χ0v) is 18.8. The quantitative estimate of drug-likeness (QED) is 0.278. The fourth-order valence-electron chi connectivity index (χ4n) is 5.10. The molecule has 162 valence electrons. The van der Waals surface area contributed by atoms with Gasteiger partial charge in [-0.05, 0) is 51.7 Å². The molecule has 5 aromatic carbocycles. The molecule has 3 nitrogen and oxygen atoms in total. The Labute approximate surface area is 197 Å². The standard InChI is InChI=1S/C31H22N2O/c1-2-29-32-26-10-6-12-28-31(26)33(29)30-25(9-5-11-27(30)34-28)22-16-13-21(14-17-22)24-18-15-20-7-3-4-8-23(20)19-24/h3-19H,2H2,1H3. The lowest BCUT2D eigenvalue weighted by Crippen LogP contribution is -2.08. The molecule has 1 aliphatic rings.